The van der Waals surface area contributed by atoms with Crippen LogP contribution in [0.3, 0.4) is 0 Å². The number of nitrogens with zero attached hydrogens (tertiary/aromatic N) is 2. The summed E-state index contributed by atoms with van der Waals surface area (Å²) in [5.74, 6) is 0.274. The van der Waals surface area contributed by atoms with Gasteiger partial charge in [-0.05, 0) is 25.5 Å². The van der Waals surface area contributed by atoms with Crippen LogP contribution < -0.4 is 10.6 Å². The number of carbonyl (C=O) groups excluding carboxylic acids is 1. The molecule has 0 fully saturated rings. The molecule has 0 unspecified atom stereocenters. The summed E-state index contributed by atoms with van der Waals surface area (Å²) < 4.78 is 9.98. The lowest BCUT2D eigenvalue weighted by Gasteiger charge is -2.23. The molecule has 1 heterocycles. The molecule has 6 nitrogen and oxygen atoms in total. The molecule has 0 saturated carbocycles. The fourth-order valence-electron chi connectivity index (χ4n) is 1.67. The van der Waals surface area contributed by atoms with E-state index in [1.807, 2.05) is 13.0 Å². The molecule has 106 valence electrons. The predicted octanol–water partition coefficient (Wildman–Crippen LogP) is 0.988. The second-order valence-electron chi connectivity index (χ2n) is 4.14. The molecule has 0 spiro atoms. The van der Waals surface area contributed by atoms with E-state index >= 15 is 0 Å². The number of aryl methyl sites for hydroxylation is 1. The Morgan fingerprint density at radius 2 is 2.26 bits per heavy atom. The summed E-state index contributed by atoms with van der Waals surface area (Å²) in [6.45, 7) is 5.16. The van der Waals surface area contributed by atoms with Crippen molar-refractivity contribution < 1.29 is 14.3 Å². The van der Waals surface area contributed by atoms with Crippen LogP contribution in [0.1, 0.15) is 12.5 Å². The van der Waals surface area contributed by atoms with E-state index in [0.29, 0.717) is 31.3 Å². The van der Waals surface area contributed by atoms with Crippen LogP contribution >= 0.6 is 0 Å². The number of nitrogens with two attached hydrogens (primary N) is 1. The minimum atomic E-state index is -0.305. The smallest absolute Gasteiger partial charge is 0.325 e. The van der Waals surface area contributed by atoms with Gasteiger partial charge in [0, 0.05) is 19.9 Å². The summed E-state index contributed by atoms with van der Waals surface area (Å²) in [7, 11) is 1.61. The van der Waals surface area contributed by atoms with E-state index in [1.165, 1.54) is 0 Å². The quantitative estimate of drug-likeness (QED) is 0.742. The molecule has 0 radical (unpaired) electrons. The molecular weight excluding hydrogens is 246 g/mol. The minimum absolute atomic E-state index is 0.109. The Hall–Kier alpha value is -1.82. The number of anilines is 2. The molecule has 1 rings (SSSR count). The van der Waals surface area contributed by atoms with Gasteiger partial charge in [0.25, 0.3) is 0 Å². The molecule has 0 atom stereocenters. The largest absolute Gasteiger partial charge is 0.465 e. The number of methoxy groups -OCH3 is 1. The van der Waals surface area contributed by atoms with E-state index in [4.69, 9.17) is 15.2 Å². The number of esters is 1. The number of rotatable bonds is 7. The summed E-state index contributed by atoms with van der Waals surface area (Å²) in [5.41, 5.74) is 7.46. The first-order valence-corrected chi connectivity index (χ1v) is 6.20. The third-order valence-electron chi connectivity index (χ3n) is 2.52. The number of pyridine rings is 1. The zero-order valence-electron chi connectivity index (χ0n) is 11.7. The van der Waals surface area contributed by atoms with Gasteiger partial charge in [-0.25, -0.2) is 4.98 Å². The predicted molar refractivity (Wildman–Crippen MR) is 74.1 cm³/mol. The zero-order chi connectivity index (χ0) is 14.3. The number of hydrogen-bond donors (Lipinski definition) is 1. The van der Waals surface area contributed by atoms with Crippen LogP contribution in [0.4, 0.5) is 11.5 Å². The van der Waals surface area contributed by atoms with Crippen LogP contribution in [0.5, 0.6) is 0 Å². The molecule has 2 N–H and O–H groups in total. The second kappa shape index (κ2) is 7.58. The zero-order valence-corrected chi connectivity index (χ0v) is 11.7. The first-order chi connectivity index (χ1) is 9.08. The molecule has 0 aliphatic carbocycles. The van der Waals surface area contributed by atoms with Crippen molar-refractivity contribution in [2.24, 2.45) is 0 Å². The normalized spacial score (nSPS) is 10.3. The Balaban J connectivity index is 2.85. The van der Waals surface area contributed by atoms with Crippen LogP contribution in [0.15, 0.2) is 12.3 Å². The molecule has 0 aliphatic heterocycles. The van der Waals surface area contributed by atoms with Crippen molar-refractivity contribution in [2.45, 2.75) is 13.8 Å². The number of hydrogen-bond acceptors (Lipinski definition) is 6. The van der Waals surface area contributed by atoms with E-state index < -0.39 is 0 Å². The second-order valence-corrected chi connectivity index (χ2v) is 4.14. The van der Waals surface area contributed by atoms with Gasteiger partial charge in [0.2, 0.25) is 0 Å². The Bertz CT molecular complexity index is 424. The Kier molecular flexibility index (Phi) is 6.08. The molecule has 1 aromatic rings. The molecule has 6 heteroatoms. The Labute approximate surface area is 113 Å². The van der Waals surface area contributed by atoms with Gasteiger partial charge < -0.3 is 20.1 Å². The van der Waals surface area contributed by atoms with Gasteiger partial charge in [0.15, 0.2) is 5.82 Å². The third kappa shape index (κ3) is 4.75. The summed E-state index contributed by atoms with van der Waals surface area (Å²) in [6.07, 6.45) is 1.72. The van der Waals surface area contributed by atoms with Gasteiger partial charge >= 0.3 is 5.97 Å². The maximum absolute atomic E-state index is 11.6. The summed E-state index contributed by atoms with van der Waals surface area (Å²) in [6, 6.07) is 1.83. The molecule has 0 aromatic carbocycles. The molecule has 1 aromatic heterocycles. The lowest BCUT2D eigenvalue weighted by molar-refractivity contribution is -0.141. The molecule has 0 amide bonds. The van der Waals surface area contributed by atoms with Crippen LogP contribution in [0.2, 0.25) is 0 Å². The minimum Gasteiger partial charge on any atom is -0.465 e. The topological polar surface area (TPSA) is 77.7 Å². The summed E-state index contributed by atoms with van der Waals surface area (Å²) >= 11 is 0. The molecule has 19 heavy (non-hydrogen) atoms. The van der Waals surface area contributed by atoms with Crippen molar-refractivity contribution in [3.63, 3.8) is 0 Å². The maximum Gasteiger partial charge on any atom is 0.325 e. The van der Waals surface area contributed by atoms with E-state index in [0.717, 1.165) is 5.56 Å². The van der Waals surface area contributed by atoms with E-state index in [1.54, 1.807) is 25.1 Å². The first-order valence-electron chi connectivity index (χ1n) is 6.20. The van der Waals surface area contributed by atoms with Crippen LogP contribution in [-0.2, 0) is 14.3 Å². The lowest BCUT2D eigenvalue weighted by atomic mass is 10.2. The fraction of sp³-hybridized carbons (Fsp3) is 0.538. The number of carbonyl (C=O) groups is 1. The van der Waals surface area contributed by atoms with Crippen molar-refractivity contribution in [1.82, 2.24) is 4.98 Å². The highest BCUT2D eigenvalue weighted by atomic mass is 16.5. The van der Waals surface area contributed by atoms with E-state index in [2.05, 4.69) is 4.98 Å². The average Bonchev–Trinajstić information content (AvgIpc) is 2.35. The first kappa shape index (κ1) is 15.2. The van der Waals surface area contributed by atoms with Gasteiger partial charge in [-0.1, -0.05) is 0 Å². The average molecular weight is 267 g/mol. The monoisotopic (exact) mass is 267 g/mol. The van der Waals surface area contributed by atoms with Gasteiger partial charge in [-0.3, -0.25) is 4.79 Å². The van der Waals surface area contributed by atoms with Crippen molar-refractivity contribution in [3.05, 3.63) is 17.8 Å². The van der Waals surface area contributed by atoms with Crippen molar-refractivity contribution in [3.8, 4) is 0 Å². The van der Waals surface area contributed by atoms with Crippen LogP contribution in [-0.4, -0.2) is 44.4 Å². The highest BCUT2D eigenvalue weighted by Gasteiger charge is 2.16. The number of aromatic nitrogens is 1. The van der Waals surface area contributed by atoms with Gasteiger partial charge in [-0.2, -0.15) is 0 Å². The fourth-order valence-corrected chi connectivity index (χ4v) is 1.67. The van der Waals surface area contributed by atoms with Gasteiger partial charge in [-0.15, -0.1) is 0 Å². The third-order valence-corrected chi connectivity index (χ3v) is 2.52. The summed E-state index contributed by atoms with van der Waals surface area (Å²) in [4.78, 5) is 17.6. The van der Waals surface area contributed by atoms with Crippen LogP contribution in [0, 0.1) is 6.92 Å². The van der Waals surface area contributed by atoms with Crippen molar-refractivity contribution in [1.29, 1.82) is 0 Å². The molecule has 0 aliphatic rings. The maximum atomic E-state index is 11.6. The SMILES string of the molecule is CCOC(=O)CN(CCOC)c1ncc(C)cc1N. The van der Waals surface area contributed by atoms with Gasteiger partial charge in [0.05, 0.1) is 18.9 Å². The van der Waals surface area contributed by atoms with Crippen molar-refractivity contribution >= 4 is 17.5 Å². The highest BCUT2D eigenvalue weighted by molar-refractivity contribution is 5.77. The number of ether oxygens (including phenoxy) is 2. The van der Waals surface area contributed by atoms with Crippen molar-refractivity contribution in [2.75, 3.05) is 44.0 Å². The van der Waals surface area contributed by atoms with Crippen LogP contribution in [0.25, 0.3) is 0 Å². The van der Waals surface area contributed by atoms with E-state index in [-0.39, 0.29) is 12.5 Å². The molecule has 0 bridgehead atoms. The molecular formula is C13H21N3O3. The lowest BCUT2D eigenvalue weighted by Crippen LogP contribution is -2.35. The van der Waals surface area contributed by atoms with E-state index in [9.17, 15) is 4.79 Å². The number of nitrogen functional groups attached to an aromatic ring is 1. The highest BCUT2D eigenvalue weighted by Crippen LogP contribution is 2.20. The Morgan fingerprint density at radius 3 is 2.84 bits per heavy atom. The van der Waals surface area contributed by atoms with Gasteiger partial charge in [0.1, 0.15) is 6.54 Å². The standard InChI is InChI=1S/C13H21N3O3/c1-4-19-12(17)9-16(5-6-18-3)13-11(14)7-10(2)8-15-13/h7-8H,4-6,9,14H2,1-3H3. The Morgan fingerprint density at radius 1 is 1.53 bits per heavy atom. The molecule has 0 saturated heterocycles. The summed E-state index contributed by atoms with van der Waals surface area (Å²) in [5, 5.41) is 0.